The highest BCUT2D eigenvalue weighted by atomic mass is 35.5. The lowest BCUT2D eigenvalue weighted by Gasteiger charge is -2.00. The Morgan fingerprint density at radius 3 is 2.61 bits per heavy atom. The van der Waals surface area contributed by atoms with Gasteiger partial charge in [0, 0.05) is 11.6 Å². The van der Waals surface area contributed by atoms with Crippen LogP contribution in [0.25, 0.3) is 0 Å². The van der Waals surface area contributed by atoms with Gasteiger partial charge in [0.2, 0.25) is 12.3 Å². The molecule has 2 rings (SSSR count). The fourth-order valence-corrected chi connectivity index (χ4v) is 1.69. The smallest absolute Gasteiger partial charge is 0.230 e. The first-order valence-electron chi connectivity index (χ1n) is 5.40. The van der Waals surface area contributed by atoms with Gasteiger partial charge in [-0.25, -0.2) is 4.39 Å². The van der Waals surface area contributed by atoms with Gasteiger partial charge in [0.25, 0.3) is 0 Å². The molecule has 0 bridgehead atoms. The Hall–Kier alpha value is -1.74. The Morgan fingerprint density at radius 2 is 1.94 bits per heavy atom. The van der Waals surface area contributed by atoms with Crippen molar-refractivity contribution in [3.05, 3.63) is 65.7 Å². The molecule has 0 saturated carbocycles. The third kappa shape index (κ3) is 3.37. The number of halogens is 2. The van der Waals surface area contributed by atoms with Crippen LogP contribution in [0.15, 0.2) is 48.8 Å². The van der Waals surface area contributed by atoms with Gasteiger partial charge in [0.05, 0.1) is 5.56 Å². The van der Waals surface area contributed by atoms with Gasteiger partial charge in [-0.2, -0.15) is 4.57 Å². The normalized spacial score (nSPS) is 9.67. The predicted molar refractivity (Wildman–Crippen MR) is 62.1 cm³/mol. The zero-order valence-electron chi connectivity index (χ0n) is 9.94. The Morgan fingerprint density at radius 1 is 1.22 bits per heavy atom. The maximum Gasteiger partial charge on any atom is 0.230 e. The van der Waals surface area contributed by atoms with E-state index < -0.39 is 5.82 Å². The molecule has 0 N–H and O–H groups in total. The molecule has 0 aliphatic carbocycles. The third-order valence-corrected chi connectivity index (χ3v) is 2.51. The first-order valence-corrected chi connectivity index (χ1v) is 5.40. The number of Topliss-reactive ketones (excluding diaryl/α,β-unsaturated/α-hetero) is 1. The summed E-state index contributed by atoms with van der Waals surface area (Å²) in [4.78, 5) is 11.9. The van der Waals surface area contributed by atoms with Gasteiger partial charge in [0.15, 0.2) is 12.4 Å². The molecule has 0 radical (unpaired) electrons. The third-order valence-electron chi connectivity index (χ3n) is 2.51. The van der Waals surface area contributed by atoms with Crippen LogP contribution in [-0.2, 0) is 6.54 Å². The molecule has 0 amide bonds. The molecule has 2 nitrogen and oxygen atoms in total. The summed E-state index contributed by atoms with van der Waals surface area (Å²) >= 11 is 0. The minimum atomic E-state index is -0.467. The Labute approximate surface area is 111 Å². The van der Waals surface area contributed by atoms with E-state index in [2.05, 4.69) is 0 Å². The number of pyridine rings is 1. The van der Waals surface area contributed by atoms with Crippen molar-refractivity contribution in [2.24, 2.45) is 0 Å². The summed E-state index contributed by atoms with van der Waals surface area (Å²) < 4.78 is 15.1. The van der Waals surface area contributed by atoms with Gasteiger partial charge >= 0.3 is 0 Å². The molecular weight excluding hydrogens is 253 g/mol. The van der Waals surface area contributed by atoms with Crippen LogP contribution in [0.5, 0.6) is 0 Å². The van der Waals surface area contributed by atoms with Gasteiger partial charge in [-0.15, -0.1) is 0 Å². The van der Waals surface area contributed by atoms with E-state index in [0.29, 0.717) is 0 Å². The number of hydrogen-bond acceptors (Lipinski definition) is 1. The average Bonchev–Trinajstić information content (AvgIpc) is 2.29. The van der Waals surface area contributed by atoms with Crippen LogP contribution in [0, 0.1) is 12.7 Å². The van der Waals surface area contributed by atoms with Crippen molar-refractivity contribution >= 4 is 5.78 Å². The van der Waals surface area contributed by atoms with Crippen molar-refractivity contribution in [3.8, 4) is 0 Å². The quantitative estimate of drug-likeness (QED) is 0.532. The van der Waals surface area contributed by atoms with E-state index in [9.17, 15) is 9.18 Å². The van der Waals surface area contributed by atoms with E-state index in [1.54, 1.807) is 22.9 Å². The molecule has 2 aromatic rings. The Bertz CT molecular complexity index is 557. The van der Waals surface area contributed by atoms with Crippen LogP contribution in [0.1, 0.15) is 15.9 Å². The molecule has 1 aromatic carbocycles. The minimum absolute atomic E-state index is 0. The molecule has 0 aliphatic rings. The summed E-state index contributed by atoms with van der Waals surface area (Å²) in [5.41, 5.74) is 1.20. The fourth-order valence-electron chi connectivity index (χ4n) is 1.69. The summed E-state index contributed by atoms with van der Waals surface area (Å²) in [6.07, 6.45) is 3.66. The summed E-state index contributed by atoms with van der Waals surface area (Å²) in [5.74, 6) is -0.690. The lowest BCUT2D eigenvalue weighted by Crippen LogP contribution is -3.00. The number of hydrogen-bond donors (Lipinski definition) is 0. The van der Waals surface area contributed by atoms with Crippen molar-refractivity contribution in [1.82, 2.24) is 0 Å². The van der Waals surface area contributed by atoms with Gasteiger partial charge in [-0.3, -0.25) is 4.79 Å². The second-order valence-electron chi connectivity index (χ2n) is 3.96. The summed E-state index contributed by atoms with van der Waals surface area (Å²) in [7, 11) is 0. The van der Waals surface area contributed by atoms with E-state index in [1.807, 2.05) is 25.3 Å². The molecule has 1 heterocycles. The second-order valence-corrected chi connectivity index (χ2v) is 3.96. The van der Waals surface area contributed by atoms with E-state index in [1.165, 1.54) is 12.1 Å². The fraction of sp³-hybridized carbons (Fsp3) is 0.143. The first kappa shape index (κ1) is 14.3. The molecule has 0 saturated heterocycles. The van der Waals surface area contributed by atoms with E-state index in [-0.39, 0.29) is 30.3 Å². The van der Waals surface area contributed by atoms with Crippen LogP contribution < -0.4 is 17.0 Å². The second kappa shape index (κ2) is 6.26. The molecular formula is C14H13ClFNO. The number of aromatic nitrogens is 1. The first-order chi connectivity index (χ1) is 8.16. The molecule has 18 heavy (non-hydrogen) atoms. The maximum atomic E-state index is 13.4. The van der Waals surface area contributed by atoms with Crippen molar-refractivity contribution in [3.63, 3.8) is 0 Å². The van der Waals surface area contributed by atoms with E-state index in [0.717, 1.165) is 5.56 Å². The van der Waals surface area contributed by atoms with Crippen LogP contribution in [0.2, 0.25) is 0 Å². The Balaban J connectivity index is 0.00000162. The van der Waals surface area contributed by atoms with Gasteiger partial charge in [-0.1, -0.05) is 12.1 Å². The van der Waals surface area contributed by atoms with Gasteiger partial charge < -0.3 is 12.4 Å². The Kier molecular flexibility index (Phi) is 4.98. The number of aryl methyl sites for hydroxylation is 1. The lowest BCUT2D eigenvalue weighted by atomic mass is 10.1. The monoisotopic (exact) mass is 265 g/mol. The molecule has 4 heteroatoms. The van der Waals surface area contributed by atoms with E-state index in [4.69, 9.17) is 0 Å². The number of carbonyl (C=O) groups excluding carboxylic acids is 1. The minimum Gasteiger partial charge on any atom is -1.00 e. The summed E-state index contributed by atoms with van der Waals surface area (Å²) in [5, 5.41) is 0. The van der Waals surface area contributed by atoms with Gasteiger partial charge in [-0.05, 0) is 25.1 Å². The SMILES string of the molecule is Cc1ccc[n+](CC(=O)c2ccccc2F)c1.[Cl-]. The zero-order chi connectivity index (χ0) is 12.3. The number of nitrogens with zero attached hydrogens (tertiary/aromatic N) is 1. The highest BCUT2D eigenvalue weighted by Crippen LogP contribution is 2.07. The largest absolute Gasteiger partial charge is 1.00 e. The van der Waals surface area contributed by atoms with Crippen LogP contribution in [0.3, 0.4) is 0 Å². The van der Waals surface area contributed by atoms with Crippen LogP contribution >= 0.6 is 0 Å². The highest BCUT2D eigenvalue weighted by molar-refractivity contribution is 5.95. The highest BCUT2D eigenvalue weighted by Gasteiger charge is 2.15. The molecule has 0 spiro atoms. The molecule has 0 fully saturated rings. The van der Waals surface area contributed by atoms with Crippen LogP contribution in [0.4, 0.5) is 4.39 Å². The number of carbonyl (C=O) groups is 1. The van der Waals surface area contributed by atoms with E-state index >= 15 is 0 Å². The molecule has 0 atom stereocenters. The average molecular weight is 266 g/mol. The lowest BCUT2D eigenvalue weighted by molar-refractivity contribution is -0.683. The van der Waals surface area contributed by atoms with Crippen LogP contribution in [-0.4, -0.2) is 5.78 Å². The maximum absolute atomic E-state index is 13.4. The van der Waals surface area contributed by atoms with Crippen molar-refractivity contribution < 1.29 is 26.2 Å². The zero-order valence-corrected chi connectivity index (χ0v) is 10.7. The number of rotatable bonds is 3. The molecule has 1 aromatic heterocycles. The number of benzene rings is 1. The molecule has 0 aliphatic heterocycles. The van der Waals surface area contributed by atoms with Gasteiger partial charge in [0.1, 0.15) is 5.82 Å². The topological polar surface area (TPSA) is 20.9 Å². The molecule has 94 valence electrons. The standard InChI is InChI=1S/C14H13FNO.ClH/c1-11-5-4-8-16(9-11)10-14(17)12-6-2-3-7-13(12)15;/h2-9H,10H2,1H3;1H/q+1;/p-1. The van der Waals surface area contributed by atoms with Crippen molar-refractivity contribution in [1.29, 1.82) is 0 Å². The molecule has 0 unspecified atom stereocenters. The number of ketones is 1. The predicted octanol–water partition coefficient (Wildman–Crippen LogP) is -0.691. The summed E-state index contributed by atoms with van der Waals surface area (Å²) in [6, 6.07) is 9.86. The van der Waals surface area contributed by atoms with Crippen molar-refractivity contribution in [2.45, 2.75) is 13.5 Å². The van der Waals surface area contributed by atoms with Crippen molar-refractivity contribution in [2.75, 3.05) is 0 Å². The summed E-state index contributed by atoms with van der Waals surface area (Å²) in [6.45, 7) is 2.10.